The van der Waals surface area contributed by atoms with Crippen molar-refractivity contribution in [2.24, 2.45) is 0 Å². The lowest BCUT2D eigenvalue weighted by atomic mass is 10.1. The third-order valence-corrected chi connectivity index (χ3v) is 4.90. The summed E-state index contributed by atoms with van der Waals surface area (Å²) in [5.41, 5.74) is 6.57. The van der Waals surface area contributed by atoms with Gasteiger partial charge in [-0.25, -0.2) is 4.79 Å². The predicted molar refractivity (Wildman–Crippen MR) is 117 cm³/mol. The molecule has 0 aliphatic rings. The highest BCUT2D eigenvalue weighted by molar-refractivity contribution is 5.99. The van der Waals surface area contributed by atoms with Gasteiger partial charge in [0, 0.05) is 5.69 Å². The molecule has 0 amide bonds. The Hall–Kier alpha value is -3.59. The van der Waals surface area contributed by atoms with Crippen molar-refractivity contribution < 1.29 is 9.53 Å². The average Bonchev–Trinajstić information content (AvgIpc) is 3.16. The normalized spacial score (nSPS) is 10.7. The Bertz CT molecular complexity index is 1110. The molecule has 4 rings (SSSR count). The Balaban J connectivity index is 2.05. The number of nitrogens with zero attached hydrogens (tertiary/aromatic N) is 1. The van der Waals surface area contributed by atoms with Crippen LogP contribution in [0, 0.1) is 6.92 Å². The summed E-state index contributed by atoms with van der Waals surface area (Å²) >= 11 is 0. The lowest BCUT2D eigenvalue weighted by molar-refractivity contribution is 0.0527. The maximum absolute atomic E-state index is 12.9. The van der Waals surface area contributed by atoms with E-state index in [0.717, 1.165) is 28.2 Å². The van der Waals surface area contributed by atoms with Gasteiger partial charge in [-0.2, -0.15) is 0 Å². The third-order valence-electron chi connectivity index (χ3n) is 4.90. The van der Waals surface area contributed by atoms with Gasteiger partial charge in [0.05, 0.1) is 23.6 Å². The van der Waals surface area contributed by atoms with E-state index < -0.39 is 0 Å². The standard InChI is InChI=1S/C26H23NO2/c1-3-29-26(28)23-18-24(20-16-14-19(2)15-17-20)27(22-12-8-5-9-13-22)25(23)21-10-6-4-7-11-21/h4-18H,3H2,1-2H3. The van der Waals surface area contributed by atoms with Gasteiger partial charge in [-0.3, -0.25) is 0 Å². The zero-order chi connectivity index (χ0) is 20.2. The van der Waals surface area contributed by atoms with Crippen LogP contribution in [0.2, 0.25) is 0 Å². The summed E-state index contributed by atoms with van der Waals surface area (Å²) in [6.07, 6.45) is 0. The second-order valence-electron chi connectivity index (χ2n) is 6.92. The molecule has 144 valence electrons. The van der Waals surface area contributed by atoms with Crippen LogP contribution in [0.3, 0.4) is 0 Å². The quantitative estimate of drug-likeness (QED) is 0.380. The summed E-state index contributed by atoms with van der Waals surface area (Å²) in [6, 6.07) is 30.4. The van der Waals surface area contributed by atoms with Crippen LogP contribution in [0.25, 0.3) is 28.2 Å². The van der Waals surface area contributed by atoms with E-state index in [2.05, 4.69) is 47.9 Å². The number of aromatic nitrogens is 1. The van der Waals surface area contributed by atoms with Gasteiger partial charge in [-0.05, 0) is 43.2 Å². The molecule has 3 nitrogen and oxygen atoms in total. The summed E-state index contributed by atoms with van der Waals surface area (Å²) < 4.78 is 7.54. The van der Waals surface area contributed by atoms with Gasteiger partial charge in [0.1, 0.15) is 0 Å². The summed E-state index contributed by atoms with van der Waals surface area (Å²) in [5, 5.41) is 0. The summed E-state index contributed by atoms with van der Waals surface area (Å²) in [7, 11) is 0. The van der Waals surface area contributed by atoms with Gasteiger partial charge >= 0.3 is 5.97 Å². The molecule has 29 heavy (non-hydrogen) atoms. The van der Waals surface area contributed by atoms with E-state index in [-0.39, 0.29) is 5.97 Å². The molecular formula is C26H23NO2. The van der Waals surface area contributed by atoms with Gasteiger partial charge in [0.25, 0.3) is 0 Å². The van der Waals surface area contributed by atoms with Crippen molar-refractivity contribution in [2.75, 3.05) is 6.61 Å². The Kier molecular flexibility index (Phi) is 5.30. The van der Waals surface area contributed by atoms with Crippen molar-refractivity contribution in [3.63, 3.8) is 0 Å². The number of carbonyl (C=O) groups excluding carboxylic acids is 1. The Morgan fingerprint density at radius 1 is 0.828 bits per heavy atom. The molecule has 0 saturated carbocycles. The third kappa shape index (κ3) is 3.72. The summed E-state index contributed by atoms with van der Waals surface area (Å²) in [4.78, 5) is 12.9. The highest BCUT2D eigenvalue weighted by atomic mass is 16.5. The summed E-state index contributed by atoms with van der Waals surface area (Å²) in [6.45, 7) is 4.23. The number of hydrogen-bond acceptors (Lipinski definition) is 2. The monoisotopic (exact) mass is 381 g/mol. The van der Waals surface area contributed by atoms with E-state index in [1.807, 2.05) is 61.5 Å². The first-order valence-electron chi connectivity index (χ1n) is 9.79. The molecule has 0 aliphatic carbocycles. The molecule has 1 heterocycles. The molecular weight excluding hydrogens is 358 g/mol. The molecule has 0 atom stereocenters. The predicted octanol–water partition coefficient (Wildman–Crippen LogP) is 6.30. The van der Waals surface area contributed by atoms with Crippen molar-refractivity contribution in [2.45, 2.75) is 13.8 Å². The number of para-hydroxylation sites is 1. The van der Waals surface area contributed by atoms with E-state index >= 15 is 0 Å². The van der Waals surface area contributed by atoms with E-state index in [4.69, 9.17) is 4.74 Å². The molecule has 3 aromatic carbocycles. The highest BCUT2D eigenvalue weighted by Gasteiger charge is 2.24. The first-order valence-corrected chi connectivity index (χ1v) is 9.79. The second kappa shape index (κ2) is 8.19. The van der Waals surface area contributed by atoms with Crippen LogP contribution >= 0.6 is 0 Å². The number of carbonyl (C=O) groups is 1. The molecule has 0 N–H and O–H groups in total. The first-order chi connectivity index (χ1) is 14.2. The molecule has 0 aliphatic heterocycles. The van der Waals surface area contributed by atoms with Gasteiger partial charge in [-0.15, -0.1) is 0 Å². The number of benzene rings is 3. The Morgan fingerprint density at radius 2 is 1.45 bits per heavy atom. The molecule has 0 fully saturated rings. The topological polar surface area (TPSA) is 31.2 Å². The van der Waals surface area contributed by atoms with E-state index in [0.29, 0.717) is 12.2 Å². The van der Waals surface area contributed by atoms with Crippen LogP contribution in [-0.4, -0.2) is 17.1 Å². The number of rotatable bonds is 5. The van der Waals surface area contributed by atoms with Crippen LogP contribution in [-0.2, 0) is 4.74 Å². The van der Waals surface area contributed by atoms with Gasteiger partial charge in [-0.1, -0.05) is 78.4 Å². The van der Waals surface area contributed by atoms with E-state index in [1.165, 1.54) is 5.56 Å². The SMILES string of the molecule is CCOC(=O)c1cc(-c2ccc(C)cc2)n(-c2ccccc2)c1-c1ccccc1. The van der Waals surface area contributed by atoms with Crippen LogP contribution < -0.4 is 0 Å². The molecule has 0 spiro atoms. The number of hydrogen-bond donors (Lipinski definition) is 0. The van der Waals surface area contributed by atoms with Gasteiger partial charge < -0.3 is 9.30 Å². The van der Waals surface area contributed by atoms with E-state index in [1.54, 1.807) is 0 Å². The minimum Gasteiger partial charge on any atom is -0.462 e. The second-order valence-corrected chi connectivity index (χ2v) is 6.92. The van der Waals surface area contributed by atoms with Crippen LogP contribution in [0.15, 0.2) is 91.0 Å². The van der Waals surface area contributed by atoms with Crippen LogP contribution in [0.5, 0.6) is 0 Å². The van der Waals surface area contributed by atoms with Gasteiger partial charge in [0.15, 0.2) is 0 Å². The van der Waals surface area contributed by atoms with Crippen molar-refractivity contribution in [3.8, 4) is 28.2 Å². The van der Waals surface area contributed by atoms with E-state index in [9.17, 15) is 4.79 Å². The molecule has 3 heteroatoms. The molecule has 0 bridgehead atoms. The van der Waals surface area contributed by atoms with Crippen molar-refractivity contribution in [1.29, 1.82) is 0 Å². The van der Waals surface area contributed by atoms with Crippen LogP contribution in [0.4, 0.5) is 0 Å². The average molecular weight is 381 g/mol. The first kappa shape index (κ1) is 18.8. The Labute approximate surface area is 171 Å². The fraction of sp³-hybridized carbons (Fsp3) is 0.115. The fourth-order valence-electron chi connectivity index (χ4n) is 3.54. The zero-order valence-electron chi connectivity index (χ0n) is 16.6. The molecule has 4 aromatic rings. The summed E-state index contributed by atoms with van der Waals surface area (Å²) in [5.74, 6) is -0.311. The highest BCUT2D eigenvalue weighted by Crippen LogP contribution is 2.36. The molecule has 0 radical (unpaired) electrons. The maximum atomic E-state index is 12.9. The number of aryl methyl sites for hydroxylation is 1. The lowest BCUT2D eigenvalue weighted by Gasteiger charge is -2.15. The molecule has 1 aromatic heterocycles. The van der Waals surface area contributed by atoms with Crippen LogP contribution in [0.1, 0.15) is 22.8 Å². The minimum atomic E-state index is -0.311. The lowest BCUT2D eigenvalue weighted by Crippen LogP contribution is -2.07. The zero-order valence-corrected chi connectivity index (χ0v) is 16.6. The number of esters is 1. The van der Waals surface area contributed by atoms with Crippen molar-refractivity contribution in [1.82, 2.24) is 4.57 Å². The molecule has 0 unspecified atom stereocenters. The Morgan fingerprint density at radius 3 is 2.07 bits per heavy atom. The van der Waals surface area contributed by atoms with Crippen molar-refractivity contribution >= 4 is 5.97 Å². The number of ether oxygens (including phenoxy) is 1. The van der Waals surface area contributed by atoms with Gasteiger partial charge in [0.2, 0.25) is 0 Å². The minimum absolute atomic E-state index is 0.311. The fourth-order valence-corrected chi connectivity index (χ4v) is 3.54. The molecule has 0 saturated heterocycles. The largest absolute Gasteiger partial charge is 0.462 e. The maximum Gasteiger partial charge on any atom is 0.340 e. The van der Waals surface area contributed by atoms with Crippen molar-refractivity contribution in [3.05, 3.63) is 102 Å². The smallest absolute Gasteiger partial charge is 0.340 e.